The van der Waals surface area contributed by atoms with Crippen molar-refractivity contribution in [2.45, 2.75) is 20.0 Å². The Morgan fingerprint density at radius 1 is 1.21 bits per heavy atom. The fourth-order valence-corrected chi connectivity index (χ4v) is 3.72. The number of methoxy groups -OCH3 is 2. The van der Waals surface area contributed by atoms with E-state index < -0.39 is 6.17 Å². The van der Waals surface area contributed by atoms with Gasteiger partial charge in [-0.25, -0.2) is 0 Å². The van der Waals surface area contributed by atoms with Crippen LogP contribution >= 0.6 is 0 Å². The monoisotopic (exact) mass is 389 g/mol. The van der Waals surface area contributed by atoms with Crippen LogP contribution in [0.5, 0.6) is 11.5 Å². The maximum Gasteiger partial charge on any atom is 0.288 e. The molecule has 2 heterocycles. The number of carbonyl (C=O) groups excluding carboxylic acids is 1. The highest BCUT2D eigenvalue weighted by Crippen LogP contribution is 2.43. The Morgan fingerprint density at radius 2 is 2.00 bits per heavy atom. The zero-order valence-corrected chi connectivity index (χ0v) is 16.7. The Morgan fingerprint density at radius 3 is 2.64 bits per heavy atom. The van der Waals surface area contributed by atoms with Gasteiger partial charge in [0.2, 0.25) is 0 Å². The summed E-state index contributed by atoms with van der Waals surface area (Å²) in [6.07, 6.45) is 3.20. The number of hydrogen-bond donors (Lipinski definition) is 1. The summed E-state index contributed by atoms with van der Waals surface area (Å²) in [5.41, 5.74) is 1.03. The van der Waals surface area contributed by atoms with Crippen molar-refractivity contribution in [1.82, 2.24) is 14.9 Å². The minimum absolute atomic E-state index is 0.0203. The van der Waals surface area contributed by atoms with Crippen molar-refractivity contribution < 1.29 is 24.1 Å². The van der Waals surface area contributed by atoms with Gasteiger partial charge in [-0.3, -0.25) is 9.80 Å². The summed E-state index contributed by atoms with van der Waals surface area (Å²) >= 11 is 0. The first-order chi connectivity index (χ1) is 13.6. The largest absolute Gasteiger partial charge is 0.507 e. The zero-order valence-electron chi connectivity index (χ0n) is 16.7. The van der Waals surface area contributed by atoms with Gasteiger partial charge in [-0.05, 0) is 19.1 Å². The fraction of sp³-hybridized carbons (Fsp3) is 0.450. The Kier molecular flexibility index (Phi) is 6.11. The van der Waals surface area contributed by atoms with E-state index in [1.165, 1.54) is 0 Å². The van der Waals surface area contributed by atoms with Crippen molar-refractivity contribution in [3.63, 3.8) is 0 Å². The molecule has 152 valence electrons. The van der Waals surface area contributed by atoms with E-state index in [0.717, 1.165) is 5.56 Å². The lowest BCUT2D eigenvalue weighted by molar-refractivity contribution is -0.170. The molecule has 0 spiro atoms. The van der Waals surface area contributed by atoms with Crippen LogP contribution in [0.3, 0.4) is 0 Å². The van der Waals surface area contributed by atoms with Gasteiger partial charge in [0, 0.05) is 24.9 Å². The van der Waals surface area contributed by atoms with Crippen LogP contribution in [-0.2, 0) is 9.53 Å². The number of aliphatic hydroxyl groups is 1. The van der Waals surface area contributed by atoms with Crippen LogP contribution in [0.25, 0.3) is 0 Å². The van der Waals surface area contributed by atoms with Crippen LogP contribution in [0, 0.1) is 0 Å². The SMILES string of the molecule is CCN1C(=O)/C2=C(\O)COC/C=C\N2C(c2cccc(OC)c2OC)N1CC. The first-order valence-corrected chi connectivity index (χ1v) is 9.33. The summed E-state index contributed by atoms with van der Waals surface area (Å²) in [4.78, 5) is 15.0. The Hall–Kier alpha value is -2.71. The third-order valence-corrected chi connectivity index (χ3v) is 4.88. The van der Waals surface area contributed by atoms with Crippen LogP contribution < -0.4 is 9.47 Å². The molecule has 1 atom stereocenters. The molecule has 0 radical (unpaired) electrons. The van der Waals surface area contributed by atoms with Crippen molar-refractivity contribution in [2.24, 2.45) is 0 Å². The second kappa shape index (κ2) is 8.53. The van der Waals surface area contributed by atoms with E-state index in [1.54, 1.807) is 30.3 Å². The number of para-hydroxylation sites is 1. The topological polar surface area (TPSA) is 74.7 Å². The third kappa shape index (κ3) is 3.29. The molecule has 1 aromatic rings. The fourth-order valence-electron chi connectivity index (χ4n) is 3.72. The van der Waals surface area contributed by atoms with Crippen molar-refractivity contribution in [1.29, 1.82) is 0 Å². The molecule has 1 fully saturated rings. The van der Waals surface area contributed by atoms with Crippen molar-refractivity contribution >= 4 is 5.91 Å². The van der Waals surface area contributed by atoms with Gasteiger partial charge in [0.25, 0.3) is 5.91 Å². The molecule has 8 nitrogen and oxygen atoms in total. The molecule has 0 aromatic heterocycles. The highest BCUT2D eigenvalue weighted by Gasteiger charge is 2.44. The average molecular weight is 389 g/mol. The highest BCUT2D eigenvalue weighted by molar-refractivity contribution is 5.94. The molecule has 1 aromatic carbocycles. The standard InChI is InChI=1S/C20H27N3O5/c1-5-22-19(14-9-7-10-16(26-3)18(14)27-4)21-11-8-12-28-13-15(24)17(21)20(25)23(22)6-2/h7-11,19,24H,5-6,12-13H2,1-4H3/b11-8-,17-15+. The van der Waals surface area contributed by atoms with Crippen LogP contribution in [0.1, 0.15) is 25.6 Å². The Balaban J connectivity index is 2.25. The number of carbonyl (C=O) groups is 1. The molecule has 0 saturated carbocycles. The summed E-state index contributed by atoms with van der Waals surface area (Å²) in [6.45, 7) is 5.26. The van der Waals surface area contributed by atoms with Gasteiger partial charge in [-0.15, -0.1) is 0 Å². The lowest BCUT2D eigenvalue weighted by atomic mass is 10.1. The lowest BCUT2D eigenvalue weighted by Crippen LogP contribution is -2.59. The smallest absolute Gasteiger partial charge is 0.288 e. The van der Waals surface area contributed by atoms with E-state index in [9.17, 15) is 9.90 Å². The second-order valence-corrected chi connectivity index (χ2v) is 6.34. The first-order valence-electron chi connectivity index (χ1n) is 9.33. The van der Waals surface area contributed by atoms with Gasteiger partial charge in [-0.2, -0.15) is 5.01 Å². The molecule has 1 unspecified atom stereocenters. The van der Waals surface area contributed by atoms with Crippen molar-refractivity contribution in [3.05, 3.63) is 47.5 Å². The quantitative estimate of drug-likeness (QED) is 0.829. The van der Waals surface area contributed by atoms with Gasteiger partial charge in [-0.1, -0.05) is 19.1 Å². The van der Waals surface area contributed by atoms with Gasteiger partial charge in [0.15, 0.2) is 17.2 Å². The van der Waals surface area contributed by atoms with Gasteiger partial charge >= 0.3 is 0 Å². The third-order valence-electron chi connectivity index (χ3n) is 4.88. The number of rotatable bonds is 5. The van der Waals surface area contributed by atoms with Gasteiger partial charge in [0.1, 0.15) is 18.5 Å². The number of amides is 1. The average Bonchev–Trinajstić information content (AvgIpc) is 2.70. The van der Waals surface area contributed by atoms with Gasteiger partial charge in [0.05, 0.1) is 20.8 Å². The molecule has 1 saturated heterocycles. The molecule has 1 amide bonds. The second-order valence-electron chi connectivity index (χ2n) is 6.34. The van der Waals surface area contributed by atoms with E-state index in [2.05, 4.69) is 0 Å². The molecule has 8 heteroatoms. The van der Waals surface area contributed by atoms with Crippen LogP contribution in [0.15, 0.2) is 41.9 Å². The molecule has 3 rings (SSSR count). The summed E-state index contributed by atoms with van der Waals surface area (Å²) < 4.78 is 16.5. The van der Waals surface area contributed by atoms with E-state index >= 15 is 0 Å². The van der Waals surface area contributed by atoms with Crippen LogP contribution in [0.2, 0.25) is 0 Å². The van der Waals surface area contributed by atoms with E-state index in [0.29, 0.717) is 31.2 Å². The van der Waals surface area contributed by atoms with Crippen molar-refractivity contribution in [2.75, 3.05) is 40.5 Å². The minimum atomic E-state index is -0.404. The number of fused-ring (bicyclic) bond motifs is 1. The number of ether oxygens (including phenoxy) is 3. The molecule has 0 bridgehead atoms. The Bertz CT molecular complexity index is 792. The number of nitrogens with zero attached hydrogens (tertiary/aromatic N) is 3. The summed E-state index contributed by atoms with van der Waals surface area (Å²) in [5, 5.41) is 14.2. The van der Waals surface area contributed by atoms with Crippen molar-refractivity contribution in [3.8, 4) is 11.5 Å². The normalized spacial score (nSPS) is 24.4. The summed E-state index contributed by atoms with van der Waals surface area (Å²) in [5.74, 6) is 0.833. The first kappa shape index (κ1) is 20.0. The zero-order chi connectivity index (χ0) is 20.3. The predicted octanol–water partition coefficient (Wildman–Crippen LogP) is 2.42. The molecule has 1 N–H and O–H groups in total. The summed E-state index contributed by atoms with van der Waals surface area (Å²) in [6, 6.07) is 5.66. The van der Waals surface area contributed by atoms with Gasteiger partial charge < -0.3 is 24.2 Å². The number of benzene rings is 1. The summed E-state index contributed by atoms with van der Waals surface area (Å²) in [7, 11) is 3.18. The lowest BCUT2D eigenvalue weighted by Gasteiger charge is -2.50. The number of likely N-dealkylation sites (N-methyl/N-ethyl adjacent to an activating group) is 1. The number of hydrogen-bond acceptors (Lipinski definition) is 7. The number of aliphatic hydroxyl groups excluding tert-OH is 1. The molecule has 0 aliphatic carbocycles. The van der Waals surface area contributed by atoms with E-state index in [4.69, 9.17) is 14.2 Å². The van der Waals surface area contributed by atoms with Crippen LogP contribution in [0.4, 0.5) is 0 Å². The molecular formula is C20H27N3O5. The minimum Gasteiger partial charge on any atom is -0.507 e. The molecule has 28 heavy (non-hydrogen) atoms. The molecule has 2 aliphatic heterocycles. The number of hydrazine groups is 1. The van der Waals surface area contributed by atoms with E-state index in [-0.39, 0.29) is 24.0 Å². The highest BCUT2D eigenvalue weighted by atomic mass is 16.5. The maximum absolute atomic E-state index is 13.2. The Labute approximate surface area is 165 Å². The maximum atomic E-state index is 13.2. The van der Waals surface area contributed by atoms with E-state index in [1.807, 2.05) is 43.1 Å². The molecular weight excluding hydrogens is 362 g/mol. The predicted molar refractivity (Wildman–Crippen MR) is 104 cm³/mol. The van der Waals surface area contributed by atoms with Crippen LogP contribution in [-0.4, -0.2) is 66.5 Å². The molecule has 2 aliphatic rings.